The fourth-order valence-electron chi connectivity index (χ4n) is 1.60. The number of halogens is 1. The lowest BCUT2D eigenvalue weighted by atomic mass is 10.2. The number of ether oxygens (including phenoxy) is 2. The number of hydrogen-bond acceptors (Lipinski definition) is 7. The zero-order chi connectivity index (χ0) is 16.1. The minimum Gasteiger partial charge on any atom is -0.495 e. The molecule has 0 spiro atoms. The summed E-state index contributed by atoms with van der Waals surface area (Å²) in [5.74, 6) is 0.965. The van der Waals surface area contributed by atoms with E-state index in [2.05, 4.69) is 20.5 Å². The van der Waals surface area contributed by atoms with Gasteiger partial charge in [0.05, 0.1) is 30.7 Å². The number of carbonyl (C=O) groups excluding carboxylic acids is 1. The summed E-state index contributed by atoms with van der Waals surface area (Å²) in [5.41, 5.74) is 5.86. The molecule has 0 aliphatic rings. The van der Waals surface area contributed by atoms with Crippen molar-refractivity contribution >= 4 is 40.9 Å². The predicted molar refractivity (Wildman–Crippen MR) is 84.7 cm³/mol. The molecular weight excluding hydrogens is 330 g/mol. The van der Waals surface area contributed by atoms with Gasteiger partial charge in [0.2, 0.25) is 17.0 Å². The van der Waals surface area contributed by atoms with E-state index in [1.54, 1.807) is 12.1 Å². The molecule has 0 unspecified atom stereocenters. The number of nitrogens with zero attached hydrogens (tertiary/aromatic N) is 2. The lowest BCUT2D eigenvalue weighted by Crippen LogP contribution is -2.15. The molecule has 0 saturated carbocycles. The number of thioether (sulfide) groups is 1. The summed E-state index contributed by atoms with van der Waals surface area (Å²) in [5, 5.41) is 9.79. The maximum absolute atomic E-state index is 12.0. The Morgan fingerprint density at radius 3 is 2.73 bits per heavy atom. The highest BCUT2D eigenvalue weighted by atomic mass is 35.5. The summed E-state index contributed by atoms with van der Waals surface area (Å²) in [6.45, 7) is 0. The molecule has 0 saturated heterocycles. The molecule has 8 nitrogen and oxygen atoms in total. The Morgan fingerprint density at radius 2 is 2.14 bits per heavy atom. The highest BCUT2D eigenvalue weighted by Crippen LogP contribution is 2.35. The maximum atomic E-state index is 12.0. The summed E-state index contributed by atoms with van der Waals surface area (Å²) >= 11 is 7.19. The zero-order valence-corrected chi connectivity index (χ0v) is 13.4. The van der Waals surface area contributed by atoms with Gasteiger partial charge in [-0.15, -0.1) is 5.10 Å². The maximum Gasteiger partial charge on any atom is 0.234 e. The molecule has 4 N–H and O–H groups in total. The quantitative estimate of drug-likeness (QED) is 0.685. The second-order valence-electron chi connectivity index (χ2n) is 4.03. The van der Waals surface area contributed by atoms with Gasteiger partial charge in [0.1, 0.15) is 11.5 Å². The first kappa shape index (κ1) is 16.2. The van der Waals surface area contributed by atoms with Crippen LogP contribution in [-0.4, -0.2) is 41.1 Å². The van der Waals surface area contributed by atoms with E-state index in [9.17, 15) is 4.79 Å². The Hall–Kier alpha value is -2.13. The number of aromatic nitrogens is 3. The molecule has 2 aromatic rings. The van der Waals surface area contributed by atoms with Crippen molar-refractivity contribution in [3.63, 3.8) is 0 Å². The number of benzene rings is 1. The highest BCUT2D eigenvalue weighted by molar-refractivity contribution is 7.99. The predicted octanol–water partition coefficient (Wildman–Crippen LogP) is 1.79. The van der Waals surface area contributed by atoms with Gasteiger partial charge in [-0.05, 0) is 6.07 Å². The molecule has 118 valence electrons. The van der Waals surface area contributed by atoms with Gasteiger partial charge in [0, 0.05) is 6.07 Å². The first-order chi connectivity index (χ1) is 10.5. The molecule has 1 heterocycles. The van der Waals surface area contributed by atoms with Gasteiger partial charge < -0.3 is 20.5 Å². The summed E-state index contributed by atoms with van der Waals surface area (Å²) < 4.78 is 10.3. The third-order valence-electron chi connectivity index (χ3n) is 2.56. The van der Waals surface area contributed by atoms with Gasteiger partial charge in [0.25, 0.3) is 0 Å². The Balaban J connectivity index is 2.03. The van der Waals surface area contributed by atoms with E-state index in [-0.39, 0.29) is 17.6 Å². The minimum absolute atomic E-state index is 0.115. The van der Waals surface area contributed by atoms with Crippen LogP contribution in [0.5, 0.6) is 11.5 Å². The fourth-order valence-corrected chi connectivity index (χ4v) is 2.44. The van der Waals surface area contributed by atoms with Crippen molar-refractivity contribution in [2.75, 3.05) is 31.0 Å². The minimum atomic E-state index is -0.257. The van der Waals surface area contributed by atoms with E-state index in [4.69, 9.17) is 26.8 Å². The Morgan fingerprint density at radius 1 is 1.41 bits per heavy atom. The lowest BCUT2D eigenvalue weighted by Gasteiger charge is -2.12. The van der Waals surface area contributed by atoms with E-state index in [1.807, 2.05) is 0 Å². The number of methoxy groups -OCH3 is 2. The second kappa shape index (κ2) is 7.23. The van der Waals surface area contributed by atoms with Gasteiger partial charge in [-0.2, -0.15) is 4.98 Å². The summed E-state index contributed by atoms with van der Waals surface area (Å²) in [4.78, 5) is 15.9. The second-order valence-corrected chi connectivity index (χ2v) is 5.38. The zero-order valence-electron chi connectivity index (χ0n) is 11.8. The molecule has 1 aromatic carbocycles. The molecule has 1 amide bonds. The van der Waals surface area contributed by atoms with Gasteiger partial charge in [-0.1, -0.05) is 23.4 Å². The van der Waals surface area contributed by atoms with Gasteiger partial charge in [-0.3, -0.25) is 4.79 Å². The number of nitrogens with one attached hydrogen (secondary N) is 2. The average Bonchev–Trinajstić information content (AvgIpc) is 2.91. The van der Waals surface area contributed by atoms with Crippen molar-refractivity contribution in [1.29, 1.82) is 0 Å². The van der Waals surface area contributed by atoms with Crippen LogP contribution >= 0.6 is 23.4 Å². The average molecular weight is 344 g/mol. The summed E-state index contributed by atoms with van der Waals surface area (Å²) in [6, 6.07) is 3.16. The molecule has 2 rings (SSSR count). The number of amides is 1. The molecule has 0 aliphatic heterocycles. The van der Waals surface area contributed by atoms with E-state index in [0.717, 1.165) is 11.8 Å². The number of H-pyrrole nitrogens is 1. The molecule has 0 atom stereocenters. The molecular formula is C12H14ClN5O3S. The lowest BCUT2D eigenvalue weighted by molar-refractivity contribution is -0.113. The SMILES string of the molecule is COc1cc(OC)c(NC(=O)CSc2n[nH]c(N)n2)cc1Cl. The van der Waals surface area contributed by atoms with Crippen molar-refractivity contribution in [2.24, 2.45) is 0 Å². The van der Waals surface area contributed by atoms with Crippen molar-refractivity contribution in [3.8, 4) is 11.5 Å². The monoisotopic (exact) mass is 343 g/mol. The first-order valence-electron chi connectivity index (χ1n) is 6.05. The van der Waals surface area contributed by atoms with Crippen molar-refractivity contribution in [1.82, 2.24) is 15.2 Å². The van der Waals surface area contributed by atoms with Crippen LogP contribution in [0.15, 0.2) is 17.3 Å². The number of aromatic amines is 1. The molecule has 0 radical (unpaired) electrons. The summed E-state index contributed by atoms with van der Waals surface area (Å²) in [7, 11) is 2.99. The highest BCUT2D eigenvalue weighted by Gasteiger charge is 2.13. The van der Waals surface area contributed by atoms with Gasteiger partial charge in [-0.25, -0.2) is 5.10 Å². The topological polar surface area (TPSA) is 115 Å². The van der Waals surface area contributed by atoms with Crippen LogP contribution in [0.3, 0.4) is 0 Å². The van der Waals surface area contributed by atoms with Crippen LogP contribution in [0.2, 0.25) is 5.02 Å². The van der Waals surface area contributed by atoms with Crippen molar-refractivity contribution < 1.29 is 14.3 Å². The molecule has 0 bridgehead atoms. The molecule has 1 aromatic heterocycles. The summed E-state index contributed by atoms with van der Waals surface area (Å²) in [6.07, 6.45) is 0. The fraction of sp³-hybridized carbons (Fsp3) is 0.250. The Kier molecular flexibility index (Phi) is 5.34. The van der Waals surface area contributed by atoms with Crippen molar-refractivity contribution in [3.05, 3.63) is 17.2 Å². The number of anilines is 2. The van der Waals surface area contributed by atoms with E-state index < -0.39 is 0 Å². The van der Waals surface area contributed by atoms with Crippen LogP contribution in [0.25, 0.3) is 0 Å². The van der Waals surface area contributed by atoms with Crippen molar-refractivity contribution in [2.45, 2.75) is 5.16 Å². The van der Waals surface area contributed by atoms with Crippen LogP contribution < -0.4 is 20.5 Å². The molecule has 0 aliphatic carbocycles. The van der Waals surface area contributed by atoms with Gasteiger partial charge >= 0.3 is 0 Å². The number of rotatable bonds is 6. The Labute approximate surface area is 135 Å². The van der Waals surface area contributed by atoms with Crippen LogP contribution in [0, 0.1) is 0 Å². The van der Waals surface area contributed by atoms with E-state index in [0.29, 0.717) is 27.4 Å². The number of nitrogen functional groups attached to an aromatic ring is 1. The third kappa shape index (κ3) is 3.95. The smallest absolute Gasteiger partial charge is 0.234 e. The molecule has 22 heavy (non-hydrogen) atoms. The third-order valence-corrected chi connectivity index (χ3v) is 3.71. The molecule has 10 heteroatoms. The first-order valence-corrected chi connectivity index (χ1v) is 7.42. The van der Waals surface area contributed by atoms with Crippen LogP contribution in [0.4, 0.5) is 11.6 Å². The standard InChI is InChI=1S/C12H14ClN5O3S/c1-20-8-4-9(21-2)7(3-6(8)13)15-10(19)5-22-12-16-11(14)17-18-12/h3-4H,5H2,1-2H3,(H,15,19)(H3,14,16,17,18). The van der Waals surface area contributed by atoms with Crippen LogP contribution in [-0.2, 0) is 4.79 Å². The van der Waals surface area contributed by atoms with Crippen LogP contribution in [0.1, 0.15) is 0 Å². The van der Waals surface area contributed by atoms with E-state index >= 15 is 0 Å². The normalized spacial score (nSPS) is 10.3. The van der Waals surface area contributed by atoms with Gasteiger partial charge in [0.15, 0.2) is 0 Å². The molecule has 0 fully saturated rings. The number of carbonyl (C=O) groups is 1. The Bertz CT molecular complexity index is 679. The largest absolute Gasteiger partial charge is 0.495 e. The number of hydrogen-bond donors (Lipinski definition) is 3. The van der Waals surface area contributed by atoms with E-state index in [1.165, 1.54) is 14.2 Å². The number of nitrogens with two attached hydrogens (primary N) is 1.